The lowest BCUT2D eigenvalue weighted by Gasteiger charge is -2.32. The van der Waals surface area contributed by atoms with Crippen molar-refractivity contribution in [1.82, 2.24) is 0 Å². The van der Waals surface area contributed by atoms with E-state index in [4.69, 9.17) is 15.2 Å². The van der Waals surface area contributed by atoms with Gasteiger partial charge in [0.1, 0.15) is 12.1 Å². The van der Waals surface area contributed by atoms with E-state index >= 15 is 0 Å². The molecule has 0 aromatic carbocycles. The van der Waals surface area contributed by atoms with Crippen molar-refractivity contribution >= 4 is 5.97 Å². The highest BCUT2D eigenvalue weighted by Crippen LogP contribution is 2.32. The standard InChI is InChI=1S/C12H21NO3/c1-7-5-10(6-8(2)15-7)16-12(14)11(13)9-3-4-9/h7-11H,3-6,13H2,1-2H3. The molecule has 3 unspecified atom stereocenters. The zero-order valence-electron chi connectivity index (χ0n) is 10.0. The van der Waals surface area contributed by atoms with Crippen LogP contribution in [0.3, 0.4) is 0 Å². The summed E-state index contributed by atoms with van der Waals surface area (Å²) in [7, 11) is 0. The SMILES string of the molecule is CC1CC(OC(=O)C(N)C2CC2)CC(C)O1. The van der Waals surface area contributed by atoms with Gasteiger partial charge >= 0.3 is 5.97 Å². The van der Waals surface area contributed by atoms with E-state index in [1.54, 1.807) is 0 Å². The molecule has 2 fully saturated rings. The molecule has 3 atom stereocenters. The van der Waals surface area contributed by atoms with Crippen molar-refractivity contribution in [1.29, 1.82) is 0 Å². The monoisotopic (exact) mass is 227 g/mol. The molecule has 0 aromatic heterocycles. The van der Waals surface area contributed by atoms with Crippen LogP contribution in [0, 0.1) is 5.92 Å². The number of hydrogen-bond donors (Lipinski definition) is 1. The predicted octanol–water partition coefficient (Wildman–Crippen LogP) is 1.22. The smallest absolute Gasteiger partial charge is 0.323 e. The van der Waals surface area contributed by atoms with Gasteiger partial charge in [0, 0.05) is 12.8 Å². The molecule has 0 spiro atoms. The summed E-state index contributed by atoms with van der Waals surface area (Å²) >= 11 is 0. The summed E-state index contributed by atoms with van der Waals surface area (Å²) in [6.07, 6.45) is 4.02. The van der Waals surface area contributed by atoms with Gasteiger partial charge in [-0.05, 0) is 32.6 Å². The highest BCUT2D eigenvalue weighted by atomic mass is 16.6. The van der Waals surface area contributed by atoms with Gasteiger partial charge < -0.3 is 15.2 Å². The molecule has 16 heavy (non-hydrogen) atoms. The first kappa shape index (κ1) is 11.9. The molecule has 1 saturated carbocycles. The Bertz CT molecular complexity index is 255. The second-order valence-corrected chi connectivity index (χ2v) is 5.15. The fourth-order valence-corrected chi connectivity index (χ4v) is 2.33. The number of ether oxygens (including phenoxy) is 2. The van der Waals surface area contributed by atoms with Crippen LogP contribution in [0.1, 0.15) is 39.5 Å². The average molecular weight is 227 g/mol. The van der Waals surface area contributed by atoms with Crippen molar-refractivity contribution in [2.24, 2.45) is 11.7 Å². The van der Waals surface area contributed by atoms with Crippen LogP contribution in [0.4, 0.5) is 0 Å². The van der Waals surface area contributed by atoms with Gasteiger partial charge in [0.25, 0.3) is 0 Å². The maximum atomic E-state index is 11.7. The van der Waals surface area contributed by atoms with Crippen LogP contribution in [0.25, 0.3) is 0 Å². The maximum absolute atomic E-state index is 11.7. The Hall–Kier alpha value is -0.610. The molecular formula is C12H21NO3. The van der Waals surface area contributed by atoms with Crippen LogP contribution >= 0.6 is 0 Å². The Kier molecular flexibility index (Phi) is 3.50. The third-order valence-electron chi connectivity index (χ3n) is 3.34. The number of esters is 1. The van der Waals surface area contributed by atoms with Gasteiger partial charge in [-0.15, -0.1) is 0 Å². The van der Waals surface area contributed by atoms with Crippen molar-refractivity contribution in [3.63, 3.8) is 0 Å². The molecule has 0 bridgehead atoms. The Morgan fingerprint density at radius 2 is 1.88 bits per heavy atom. The van der Waals surface area contributed by atoms with E-state index in [1.807, 2.05) is 13.8 Å². The van der Waals surface area contributed by atoms with Gasteiger partial charge in [-0.25, -0.2) is 0 Å². The first-order chi connectivity index (χ1) is 7.56. The fourth-order valence-electron chi connectivity index (χ4n) is 2.33. The van der Waals surface area contributed by atoms with Crippen molar-refractivity contribution in [2.75, 3.05) is 0 Å². The summed E-state index contributed by atoms with van der Waals surface area (Å²) < 4.78 is 11.0. The molecule has 1 saturated heterocycles. The first-order valence-corrected chi connectivity index (χ1v) is 6.17. The van der Waals surface area contributed by atoms with Crippen LogP contribution in [0.5, 0.6) is 0 Å². The lowest BCUT2D eigenvalue weighted by Crippen LogP contribution is -2.41. The summed E-state index contributed by atoms with van der Waals surface area (Å²) in [6, 6.07) is -0.409. The molecule has 1 heterocycles. The molecular weight excluding hydrogens is 206 g/mol. The van der Waals surface area contributed by atoms with Crippen LogP contribution in [-0.2, 0) is 14.3 Å². The van der Waals surface area contributed by atoms with Crippen molar-refractivity contribution in [3.05, 3.63) is 0 Å². The number of nitrogens with two attached hydrogens (primary N) is 1. The second kappa shape index (κ2) is 4.72. The lowest BCUT2D eigenvalue weighted by atomic mass is 10.0. The quantitative estimate of drug-likeness (QED) is 0.736. The third kappa shape index (κ3) is 2.95. The van der Waals surface area contributed by atoms with Gasteiger partial charge in [0.2, 0.25) is 0 Å². The fraction of sp³-hybridized carbons (Fsp3) is 0.917. The van der Waals surface area contributed by atoms with Gasteiger partial charge in [-0.3, -0.25) is 4.79 Å². The number of hydrogen-bond acceptors (Lipinski definition) is 4. The van der Waals surface area contributed by atoms with Gasteiger partial charge in [0.15, 0.2) is 0 Å². The molecule has 0 radical (unpaired) electrons. The second-order valence-electron chi connectivity index (χ2n) is 5.15. The summed E-state index contributed by atoms with van der Waals surface area (Å²) in [5.74, 6) is 0.135. The van der Waals surface area contributed by atoms with Gasteiger partial charge in [-0.1, -0.05) is 0 Å². The summed E-state index contributed by atoms with van der Waals surface area (Å²) in [5, 5.41) is 0. The normalized spacial score (nSPS) is 36.8. The van der Waals surface area contributed by atoms with Gasteiger partial charge in [0.05, 0.1) is 12.2 Å². The van der Waals surface area contributed by atoms with E-state index < -0.39 is 6.04 Å². The third-order valence-corrected chi connectivity index (χ3v) is 3.34. The lowest BCUT2D eigenvalue weighted by molar-refractivity contribution is -0.161. The summed E-state index contributed by atoms with van der Waals surface area (Å²) in [6.45, 7) is 4.02. The van der Waals surface area contributed by atoms with E-state index in [-0.39, 0.29) is 24.3 Å². The summed E-state index contributed by atoms with van der Waals surface area (Å²) in [5.41, 5.74) is 5.80. The van der Waals surface area contributed by atoms with Crippen molar-refractivity contribution in [2.45, 2.75) is 63.9 Å². The predicted molar refractivity (Wildman–Crippen MR) is 59.8 cm³/mol. The Labute approximate surface area is 96.5 Å². The Balaban J connectivity index is 1.81. The molecule has 4 heteroatoms. The minimum absolute atomic E-state index is 0.0175. The van der Waals surface area contributed by atoms with E-state index in [0.29, 0.717) is 5.92 Å². The molecule has 4 nitrogen and oxygen atoms in total. The Morgan fingerprint density at radius 1 is 1.31 bits per heavy atom. The number of rotatable bonds is 3. The number of carbonyl (C=O) groups excluding carboxylic acids is 1. The summed E-state index contributed by atoms with van der Waals surface area (Å²) in [4.78, 5) is 11.7. The zero-order valence-corrected chi connectivity index (χ0v) is 10.0. The molecule has 1 aliphatic heterocycles. The van der Waals surface area contributed by atoms with Crippen LogP contribution in [0.2, 0.25) is 0 Å². The molecule has 1 aliphatic carbocycles. The maximum Gasteiger partial charge on any atom is 0.323 e. The molecule has 0 amide bonds. The van der Waals surface area contributed by atoms with Crippen LogP contribution < -0.4 is 5.73 Å². The van der Waals surface area contributed by atoms with Crippen LogP contribution in [-0.4, -0.2) is 30.3 Å². The Morgan fingerprint density at radius 3 is 2.38 bits per heavy atom. The van der Waals surface area contributed by atoms with E-state index in [9.17, 15) is 4.79 Å². The van der Waals surface area contributed by atoms with Crippen LogP contribution in [0.15, 0.2) is 0 Å². The molecule has 2 N–H and O–H groups in total. The average Bonchev–Trinajstić information content (AvgIpc) is 2.97. The minimum atomic E-state index is -0.409. The van der Waals surface area contributed by atoms with E-state index in [1.165, 1.54) is 0 Å². The molecule has 0 aromatic rings. The zero-order chi connectivity index (χ0) is 11.7. The van der Waals surface area contributed by atoms with E-state index in [2.05, 4.69) is 0 Å². The van der Waals surface area contributed by atoms with Crippen molar-refractivity contribution in [3.8, 4) is 0 Å². The van der Waals surface area contributed by atoms with E-state index in [0.717, 1.165) is 25.7 Å². The highest BCUT2D eigenvalue weighted by Gasteiger charge is 2.36. The molecule has 92 valence electrons. The molecule has 2 rings (SSSR count). The first-order valence-electron chi connectivity index (χ1n) is 6.17. The topological polar surface area (TPSA) is 61.5 Å². The largest absolute Gasteiger partial charge is 0.461 e. The van der Waals surface area contributed by atoms with Crippen molar-refractivity contribution < 1.29 is 14.3 Å². The van der Waals surface area contributed by atoms with Gasteiger partial charge in [-0.2, -0.15) is 0 Å². The highest BCUT2D eigenvalue weighted by molar-refractivity contribution is 5.76. The number of carbonyl (C=O) groups is 1. The molecule has 2 aliphatic rings. The minimum Gasteiger partial charge on any atom is -0.461 e.